The summed E-state index contributed by atoms with van der Waals surface area (Å²) in [6.45, 7) is 19.4. The van der Waals surface area contributed by atoms with Gasteiger partial charge in [0.15, 0.2) is 0 Å². The number of aliphatic hydroxyl groups excluding tert-OH is 1. The number of fused-ring (bicyclic) bond motifs is 6. The molecule has 3 nitrogen and oxygen atoms in total. The van der Waals surface area contributed by atoms with Crippen LogP contribution in [0.25, 0.3) is 0 Å². The van der Waals surface area contributed by atoms with E-state index in [1.807, 2.05) is 0 Å². The second-order valence-electron chi connectivity index (χ2n) is 16.0. The lowest BCUT2D eigenvalue weighted by atomic mass is 9.34. The van der Waals surface area contributed by atoms with Crippen LogP contribution in [0.3, 0.4) is 0 Å². The molecule has 1 amide bonds. The van der Waals surface area contributed by atoms with Gasteiger partial charge in [0.2, 0.25) is 5.91 Å². The van der Waals surface area contributed by atoms with E-state index in [4.69, 9.17) is 0 Å². The van der Waals surface area contributed by atoms with Crippen LogP contribution in [0.15, 0.2) is 11.1 Å². The number of hydrogen-bond acceptors (Lipinski definition) is 2. The van der Waals surface area contributed by atoms with E-state index in [-0.39, 0.29) is 27.8 Å². The Morgan fingerprint density at radius 1 is 0.800 bits per heavy atom. The third-order valence-corrected chi connectivity index (χ3v) is 13.7. The number of allylic oxidation sites excluding steroid dienone is 1. The molecule has 0 unspecified atom stereocenters. The highest BCUT2D eigenvalue weighted by atomic mass is 16.3. The maximum atomic E-state index is 13.9. The Morgan fingerprint density at radius 3 is 2.17 bits per heavy atom. The van der Waals surface area contributed by atoms with Crippen LogP contribution < -0.4 is 0 Å². The van der Waals surface area contributed by atoms with Gasteiger partial charge in [0.25, 0.3) is 0 Å². The molecule has 6 rings (SSSR count). The summed E-state index contributed by atoms with van der Waals surface area (Å²) in [5.41, 5.74) is 4.24. The maximum Gasteiger partial charge on any atom is 0.233 e. The predicted molar refractivity (Wildman–Crippen MR) is 142 cm³/mol. The lowest BCUT2D eigenvalue weighted by molar-refractivity contribution is -0.204. The largest absolute Gasteiger partial charge is 0.393 e. The minimum absolute atomic E-state index is 0.00815. The van der Waals surface area contributed by atoms with Gasteiger partial charge < -0.3 is 10.0 Å². The first kappa shape index (κ1) is 24.5. The van der Waals surface area contributed by atoms with E-state index in [9.17, 15) is 9.90 Å². The summed E-state index contributed by atoms with van der Waals surface area (Å²) < 4.78 is 0. The van der Waals surface area contributed by atoms with E-state index in [2.05, 4.69) is 53.4 Å². The van der Waals surface area contributed by atoms with Gasteiger partial charge in [-0.15, -0.1) is 0 Å². The van der Waals surface area contributed by atoms with Crippen molar-refractivity contribution in [2.45, 2.75) is 125 Å². The fraction of sp³-hybridized carbons (Fsp3) is 0.906. The first-order chi connectivity index (χ1) is 16.2. The van der Waals surface area contributed by atoms with Crippen molar-refractivity contribution >= 4 is 5.91 Å². The van der Waals surface area contributed by atoms with Crippen molar-refractivity contribution in [1.29, 1.82) is 0 Å². The van der Waals surface area contributed by atoms with Crippen LogP contribution in [0, 0.1) is 44.3 Å². The number of nitrogens with zero attached hydrogens (tertiary/aromatic N) is 1. The highest BCUT2D eigenvalue weighted by molar-refractivity contribution is 5.88. The molecule has 0 aromatic carbocycles. The van der Waals surface area contributed by atoms with Gasteiger partial charge in [0, 0.05) is 13.1 Å². The van der Waals surface area contributed by atoms with E-state index in [0.717, 1.165) is 38.8 Å². The van der Waals surface area contributed by atoms with E-state index in [0.29, 0.717) is 28.6 Å². The van der Waals surface area contributed by atoms with Crippen LogP contribution >= 0.6 is 0 Å². The van der Waals surface area contributed by atoms with E-state index < -0.39 is 0 Å². The number of hydrogen-bond donors (Lipinski definition) is 1. The molecule has 4 saturated carbocycles. The number of carbonyl (C=O) groups excluding carboxylic acids is 1. The number of carbonyl (C=O) groups is 1. The summed E-state index contributed by atoms with van der Waals surface area (Å²) in [5, 5.41) is 11.0. The molecule has 0 spiro atoms. The number of rotatable bonds is 1. The summed E-state index contributed by atoms with van der Waals surface area (Å²) in [5.74, 6) is 1.79. The summed E-state index contributed by atoms with van der Waals surface area (Å²) in [4.78, 5) is 16.0. The molecule has 1 N–H and O–H groups in total. The second kappa shape index (κ2) is 7.17. The average molecular weight is 482 g/mol. The van der Waals surface area contributed by atoms with Gasteiger partial charge in [0.1, 0.15) is 0 Å². The highest BCUT2D eigenvalue weighted by Crippen LogP contribution is 2.75. The number of amides is 1. The summed E-state index contributed by atoms with van der Waals surface area (Å²) in [6, 6.07) is 0. The SMILES string of the molecule is CC1(C)CC[C@]2(C(=O)N3CC3)CC[C@]3(C)C(=C2C1)CC[C@@H]1[C@@]2(C)CC[C@H](O)C(C)(C)[C@@H]2CC[C@]13C. The third kappa shape index (κ3) is 3.03. The van der Waals surface area contributed by atoms with Crippen LogP contribution in [0.2, 0.25) is 0 Å². The zero-order valence-electron chi connectivity index (χ0n) is 23.7. The van der Waals surface area contributed by atoms with Crippen LogP contribution in [-0.4, -0.2) is 35.1 Å². The van der Waals surface area contributed by atoms with Crippen LogP contribution in [-0.2, 0) is 4.79 Å². The van der Waals surface area contributed by atoms with E-state index in [1.165, 1.54) is 44.9 Å². The van der Waals surface area contributed by atoms with Gasteiger partial charge in [0.05, 0.1) is 11.5 Å². The van der Waals surface area contributed by atoms with Crippen molar-refractivity contribution in [2.75, 3.05) is 13.1 Å². The molecule has 3 heteroatoms. The fourth-order valence-corrected chi connectivity index (χ4v) is 11.2. The second-order valence-corrected chi connectivity index (χ2v) is 16.0. The predicted octanol–water partition coefficient (Wildman–Crippen LogP) is 7.14. The smallest absolute Gasteiger partial charge is 0.233 e. The highest BCUT2D eigenvalue weighted by Gasteiger charge is 2.68. The molecular weight excluding hydrogens is 430 g/mol. The molecule has 5 fully saturated rings. The summed E-state index contributed by atoms with van der Waals surface area (Å²) in [7, 11) is 0. The zero-order chi connectivity index (χ0) is 25.2. The van der Waals surface area contributed by atoms with Crippen molar-refractivity contribution in [1.82, 2.24) is 4.90 Å². The fourth-order valence-electron chi connectivity index (χ4n) is 11.2. The van der Waals surface area contributed by atoms with E-state index in [1.54, 1.807) is 11.1 Å². The van der Waals surface area contributed by atoms with Crippen LogP contribution in [0.1, 0.15) is 119 Å². The molecule has 1 heterocycles. The molecule has 6 aliphatic rings. The van der Waals surface area contributed by atoms with Gasteiger partial charge in [-0.25, -0.2) is 0 Å². The maximum absolute atomic E-state index is 13.9. The minimum Gasteiger partial charge on any atom is -0.393 e. The Morgan fingerprint density at radius 2 is 1.49 bits per heavy atom. The standard InChI is InChI=1S/C32H51NO2/c1-27(2)14-16-32(26(35)33-18-19-33)17-15-30(6)21(22(32)20-27)8-9-24-29(5)12-11-25(34)28(3,4)23(29)10-13-31(24,30)7/h23-25,34H,8-20H2,1-7H3/t23-,24+,25-,29-,30+,31+,32-/m0/s1. The topological polar surface area (TPSA) is 40.3 Å². The van der Waals surface area contributed by atoms with Gasteiger partial charge >= 0.3 is 0 Å². The molecule has 7 atom stereocenters. The van der Waals surface area contributed by atoms with Crippen molar-refractivity contribution in [3.05, 3.63) is 11.1 Å². The van der Waals surface area contributed by atoms with Gasteiger partial charge in [-0.05, 0) is 110 Å². The molecule has 1 aliphatic heterocycles. The monoisotopic (exact) mass is 481 g/mol. The Labute approximate surface area is 214 Å². The Kier molecular flexibility index (Phi) is 5.02. The van der Waals surface area contributed by atoms with Crippen molar-refractivity contribution in [2.24, 2.45) is 44.3 Å². The van der Waals surface area contributed by atoms with Gasteiger partial charge in [-0.3, -0.25) is 4.79 Å². The lowest BCUT2D eigenvalue weighted by Crippen LogP contribution is -2.64. The molecule has 0 bridgehead atoms. The van der Waals surface area contributed by atoms with Crippen molar-refractivity contribution in [3.63, 3.8) is 0 Å². The molecule has 196 valence electrons. The quantitative estimate of drug-likeness (QED) is 0.319. The normalized spacial score (nSPS) is 49.9. The average Bonchev–Trinajstić information content (AvgIpc) is 3.62. The van der Waals surface area contributed by atoms with Gasteiger partial charge in [-0.1, -0.05) is 59.6 Å². The Bertz CT molecular complexity index is 974. The molecule has 0 radical (unpaired) electrons. The van der Waals surface area contributed by atoms with Crippen LogP contribution in [0.5, 0.6) is 0 Å². The Hall–Kier alpha value is -0.830. The molecule has 35 heavy (non-hydrogen) atoms. The molecule has 0 aromatic rings. The minimum atomic E-state index is -0.192. The zero-order valence-corrected chi connectivity index (χ0v) is 23.7. The first-order valence-corrected chi connectivity index (χ1v) is 14.9. The molecule has 1 saturated heterocycles. The summed E-state index contributed by atoms with van der Waals surface area (Å²) in [6.07, 6.45) is 12.6. The summed E-state index contributed by atoms with van der Waals surface area (Å²) >= 11 is 0. The first-order valence-electron chi connectivity index (χ1n) is 14.9. The molecular formula is C32H51NO2. The van der Waals surface area contributed by atoms with Crippen LogP contribution in [0.4, 0.5) is 0 Å². The van der Waals surface area contributed by atoms with Crippen molar-refractivity contribution in [3.8, 4) is 0 Å². The lowest BCUT2D eigenvalue weighted by Gasteiger charge is -2.71. The molecule has 0 aromatic heterocycles. The van der Waals surface area contributed by atoms with Gasteiger partial charge in [-0.2, -0.15) is 0 Å². The number of aliphatic hydroxyl groups is 1. The third-order valence-electron chi connectivity index (χ3n) is 13.7. The van der Waals surface area contributed by atoms with Crippen molar-refractivity contribution < 1.29 is 9.90 Å². The Balaban J connectivity index is 1.45. The van der Waals surface area contributed by atoms with E-state index >= 15 is 0 Å². The molecule has 5 aliphatic carbocycles.